The Morgan fingerprint density at radius 1 is 1.50 bits per heavy atom. The molecule has 1 amide bonds. The summed E-state index contributed by atoms with van der Waals surface area (Å²) >= 11 is 8.23. The summed E-state index contributed by atoms with van der Waals surface area (Å²) in [4.78, 5) is 26.5. The standard InChI is InChI=1S/C15H17NO3S3/c1-15(2,7-3-6-12(17)18)16-13(19)11(22-14(16)20)9-10-5-4-8-21-10/h4-5,8-9H,3,6-7H2,1-2H3,(H,17,18)/b11-9-. The molecule has 0 spiro atoms. The second kappa shape index (κ2) is 6.93. The molecule has 1 N–H and O–H groups in total. The highest BCUT2D eigenvalue weighted by molar-refractivity contribution is 8.26. The van der Waals surface area contributed by atoms with E-state index in [0.717, 1.165) is 4.88 Å². The third kappa shape index (κ3) is 3.97. The van der Waals surface area contributed by atoms with Gasteiger partial charge in [0, 0.05) is 16.8 Å². The molecule has 0 atom stereocenters. The van der Waals surface area contributed by atoms with Crippen LogP contribution < -0.4 is 0 Å². The SMILES string of the molecule is CC(C)(CCCC(=O)O)N1C(=O)/C(=C/c2cccs2)SC1=S. The fraction of sp³-hybridized carbons (Fsp3) is 0.400. The monoisotopic (exact) mass is 355 g/mol. The van der Waals surface area contributed by atoms with Crippen LogP contribution in [-0.2, 0) is 9.59 Å². The van der Waals surface area contributed by atoms with Crippen LogP contribution in [0.25, 0.3) is 6.08 Å². The number of aliphatic carboxylic acids is 1. The van der Waals surface area contributed by atoms with Crippen molar-refractivity contribution in [3.8, 4) is 0 Å². The highest BCUT2D eigenvalue weighted by atomic mass is 32.2. The molecule has 2 heterocycles. The average Bonchev–Trinajstić information content (AvgIpc) is 2.98. The van der Waals surface area contributed by atoms with Gasteiger partial charge in [0.1, 0.15) is 4.32 Å². The second-order valence-electron chi connectivity index (χ2n) is 5.59. The predicted octanol–water partition coefficient (Wildman–Crippen LogP) is 3.98. The Kier molecular flexibility index (Phi) is 5.41. The quantitative estimate of drug-likeness (QED) is 0.618. The van der Waals surface area contributed by atoms with Crippen molar-refractivity contribution in [2.45, 2.75) is 38.6 Å². The molecule has 0 aromatic carbocycles. The molecule has 7 heteroatoms. The van der Waals surface area contributed by atoms with Crippen LogP contribution in [-0.4, -0.2) is 31.7 Å². The van der Waals surface area contributed by atoms with E-state index in [0.29, 0.717) is 22.1 Å². The fourth-order valence-electron chi connectivity index (χ4n) is 2.28. The van der Waals surface area contributed by atoms with Gasteiger partial charge in [0.25, 0.3) is 5.91 Å². The maximum atomic E-state index is 12.6. The predicted molar refractivity (Wildman–Crippen MR) is 94.9 cm³/mol. The van der Waals surface area contributed by atoms with Crippen molar-refractivity contribution in [1.82, 2.24) is 4.90 Å². The maximum absolute atomic E-state index is 12.6. The number of carboxylic acids is 1. The number of thiophene rings is 1. The molecule has 118 valence electrons. The zero-order valence-electron chi connectivity index (χ0n) is 12.4. The van der Waals surface area contributed by atoms with Crippen LogP contribution in [0.5, 0.6) is 0 Å². The van der Waals surface area contributed by atoms with Crippen LogP contribution in [0.1, 0.15) is 38.0 Å². The first-order valence-electron chi connectivity index (χ1n) is 6.84. The number of amides is 1. The number of carboxylic acid groups (broad SMARTS) is 1. The highest BCUT2D eigenvalue weighted by Crippen LogP contribution is 2.39. The zero-order valence-corrected chi connectivity index (χ0v) is 14.8. The second-order valence-corrected chi connectivity index (χ2v) is 8.25. The van der Waals surface area contributed by atoms with Crippen LogP contribution in [0.15, 0.2) is 22.4 Å². The van der Waals surface area contributed by atoms with Gasteiger partial charge in [-0.15, -0.1) is 11.3 Å². The molecule has 0 radical (unpaired) electrons. The molecule has 0 saturated carbocycles. The molecule has 0 unspecified atom stereocenters. The minimum absolute atomic E-state index is 0.0938. The van der Waals surface area contributed by atoms with Crippen LogP contribution in [0.2, 0.25) is 0 Å². The van der Waals surface area contributed by atoms with E-state index in [1.54, 1.807) is 16.2 Å². The molecule has 1 aromatic rings. The molecular weight excluding hydrogens is 338 g/mol. The Bertz CT molecular complexity index is 620. The molecule has 0 aliphatic carbocycles. The van der Waals surface area contributed by atoms with Gasteiger partial charge in [-0.3, -0.25) is 14.5 Å². The first kappa shape index (κ1) is 17.2. The number of thiocarbonyl (C=S) groups is 1. The smallest absolute Gasteiger partial charge is 0.303 e. The molecule has 22 heavy (non-hydrogen) atoms. The van der Waals surface area contributed by atoms with E-state index in [1.807, 2.05) is 37.4 Å². The number of rotatable bonds is 6. The number of hydrogen-bond acceptors (Lipinski definition) is 5. The Labute approximate surface area is 143 Å². The Morgan fingerprint density at radius 2 is 2.23 bits per heavy atom. The summed E-state index contributed by atoms with van der Waals surface area (Å²) in [5, 5.41) is 10.7. The van der Waals surface area contributed by atoms with Crippen LogP contribution in [0, 0.1) is 0 Å². The largest absolute Gasteiger partial charge is 0.481 e. The van der Waals surface area contributed by atoms with Gasteiger partial charge in [-0.05, 0) is 44.2 Å². The molecule has 4 nitrogen and oxygen atoms in total. The fourth-order valence-corrected chi connectivity index (χ4v) is 4.58. The summed E-state index contributed by atoms with van der Waals surface area (Å²) in [5.41, 5.74) is -0.484. The molecule has 2 rings (SSSR count). The van der Waals surface area contributed by atoms with Crippen molar-refractivity contribution in [1.29, 1.82) is 0 Å². The number of thioether (sulfide) groups is 1. The number of nitrogens with zero attached hydrogens (tertiary/aromatic N) is 1. The maximum Gasteiger partial charge on any atom is 0.303 e. The van der Waals surface area contributed by atoms with Gasteiger partial charge in [0.2, 0.25) is 0 Å². The van der Waals surface area contributed by atoms with Crippen molar-refractivity contribution >= 4 is 57.6 Å². The van der Waals surface area contributed by atoms with Crippen molar-refractivity contribution in [3.05, 3.63) is 27.3 Å². The molecule has 1 aliphatic rings. The molecular formula is C15H17NO3S3. The minimum Gasteiger partial charge on any atom is -0.481 e. The van der Waals surface area contributed by atoms with E-state index in [2.05, 4.69) is 0 Å². The van der Waals surface area contributed by atoms with E-state index in [1.165, 1.54) is 11.8 Å². The zero-order chi connectivity index (χ0) is 16.3. The van der Waals surface area contributed by atoms with E-state index >= 15 is 0 Å². The third-order valence-electron chi connectivity index (χ3n) is 3.39. The summed E-state index contributed by atoms with van der Waals surface area (Å²) in [6.07, 6.45) is 3.07. The third-order valence-corrected chi connectivity index (χ3v) is 5.52. The van der Waals surface area contributed by atoms with Gasteiger partial charge >= 0.3 is 5.97 Å². The van der Waals surface area contributed by atoms with Gasteiger partial charge in [0.15, 0.2) is 0 Å². The van der Waals surface area contributed by atoms with E-state index in [4.69, 9.17) is 17.3 Å². The molecule has 0 bridgehead atoms. The first-order chi connectivity index (χ1) is 10.3. The van der Waals surface area contributed by atoms with Gasteiger partial charge in [0.05, 0.1) is 4.91 Å². The Balaban J connectivity index is 2.12. The van der Waals surface area contributed by atoms with Gasteiger partial charge in [-0.1, -0.05) is 30.0 Å². The number of carbonyl (C=O) groups excluding carboxylic acids is 1. The van der Waals surface area contributed by atoms with Gasteiger partial charge in [-0.2, -0.15) is 0 Å². The summed E-state index contributed by atoms with van der Waals surface area (Å²) in [7, 11) is 0. The van der Waals surface area contributed by atoms with E-state index < -0.39 is 11.5 Å². The lowest BCUT2D eigenvalue weighted by molar-refractivity contribution is -0.137. The summed E-state index contributed by atoms with van der Waals surface area (Å²) in [5.74, 6) is -0.914. The number of carbonyl (C=O) groups is 2. The lowest BCUT2D eigenvalue weighted by atomic mass is 9.95. The van der Waals surface area contributed by atoms with Gasteiger partial charge < -0.3 is 5.11 Å². The summed E-state index contributed by atoms with van der Waals surface area (Å²) in [6.45, 7) is 3.85. The molecule has 1 aliphatic heterocycles. The van der Waals surface area contributed by atoms with Gasteiger partial charge in [-0.25, -0.2) is 0 Å². The molecule has 1 saturated heterocycles. The average molecular weight is 356 g/mol. The number of hydrogen-bond donors (Lipinski definition) is 1. The highest BCUT2D eigenvalue weighted by Gasteiger charge is 2.41. The topological polar surface area (TPSA) is 57.6 Å². The van der Waals surface area contributed by atoms with E-state index in [9.17, 15) is 9.59 Å². The van der Waals surface area contributed by atoms with Crippen molar-refractivity contribution < 1.29 is 14.7 Å². The van der Waals surface area contributed by atoms with Crippen molar-refractivity contribution in [3.63, 3.8) is 0 Å². The van der Waals surface area contributed by atoms with Crippen LogP contribution >= 0.6 is 35.3 Å². The van der Waals surface area contributed by atoms with E-state index in [-0.39, 0.29) is 12.3 Å². The first-order valence-corrected chi connectivity index (χ1v) is 8.95. The van der Waals surface area contributed by atoms with Crippen LogP contribution in [0.3, 0.4) is 0 Å². The van der Waals surface area contributed by atoms with Crippen LogP contribution in [0.4, 0.5) is 0 Å². The lowest BCUT2D eigenvalue weighted by Crippen LogP contribution is -2.46. The van der Waals surface area contributed by atoms with Crippen molar-refractivity contribution in [2.24, 2.45) is 0 Å². The summed E-state index contributed by atoms with van der Waals surface area (Å²) < 4.78 is 0.535. The Hall–Kier alpha value is -1.18. The molecule has 1 aromatic heterocycles. The minimum atomic E-state index is -0.821. The van der Waals surface area contributed by atoms with Crippen molar-refractivity contribution in [2.75, 3.05) is 0 Å². The lowest BCUT2D eigenvalue weighted by Gasteiger charge is -2.34. The normalized spacial score (nSPS) is 17.5. The summed E-state index contributed by atoms with van der Waals surface area (Å²) in [6, 6.07) is 3.89. The molecule has 1 fully saturated rings. The Morgan fingerprint density at radius 3 is 2.82 bits per heavy atom.